The first kappa shape index (κ1) is 20.8. The van der Waals surface area contributed by atoms with E-state index < -0.39 is 0 Å². The summed E-state index contributed by atoms with van der Waals surface area (Å²) in [4.78, 5) is 26.6. The third-order valence-corrected chi connectivity index (χ3v) is 3.96. The van der Waals surface area contributed by atoms with Crippen LogP contribution in [0.3, 0.4) is 0 Å². The van der Waals surface area contributed by atoms with E-state index in [2.05, 4.69) is 5.32 Å². The molecule has 0 aliphatic rings. The van der Waals surface area contributed by atoms with Crippen molar-refractivity contribution in [3.8, 4) is 17.2 Å². The zero-order valence-electron chi connectivity index (χ0n) is 16.6. The van der Waals surface area contributed by atoms with E-state index in [0.717, 1.165) is 0 Å². The van der Waals surface area contributed by atoms with Crippen LogP contribution in [0.5, 0.6) is 17.2 Å². The third-order valence-electron chi connectivity index (χ3n) is 3.96. The van der Waals surface area contributed by atoms with Crippen molar-refractivity contribution in [3.05, 3.63) is 59.3 Å². The number of amides is 2. The van der Waals surface area contributed by atoms with Crippen LogP contribution >= 0.6 is 0 Å². The number of likely N-dealkylation sites (N-methyl/N-ethyl adjacent to an activating group) is 1. The van der Waals surface area contributed by atoms with Crippen molar-refractivity contribution in [1.29, 1.82) is 0 Å². The number of nitrogens with one attached hydrogen (secondary N) is 1. The molecule has 0 saturated heterocycles. The summed E-state index contributed by atoms with van der Waals surface area (Å²) >= 11 is 0. The molecule has 148 valence electrons. The molecule has 0 aliphatic heterocycles. The van der Waals surface area contributed by atoms with Gasteiger partial charge in [0.1, 0.15) is 5.70 Å². The van der Waals surface area contributed by atoms with Crippen molar-refractivity contribution in [2.45, 2.75) is 0 Å². The molecule has 0 atom stereocenters. The average Bonchev–Trinajstić information content (AvgIpc) is 2.72. The number of rotatable bonds is 7. The second kappa shape index (κ2) is 9.45. The smallest absolute Gasteiger partial charge is 0.269 e. The summed E-state index contributed by atoms with van der Waals surface area (Å²) < 4.78 is 16.1. The minimum Gasteiger partial charge on any atom is -0.493 e. The molecule has 0 bridgehead atoms. The topological polar surface area (TPSA) is 77.1 Å². The zero-order valence-corrected chi connectivity index (χ0v) is 16.6. The molecule has 0 radical (unpaired) electrons. The molecule has 28 heavy (non-hydrogen) atoms. The fourth-order valence-corrected chi connectivity index (χ4v) is 2.57. The Morgan fingerprint density at radius 3 is 2.07 bits per heavy atom. The SMILES string of the molecule is COc1ccc(/C=C(\NC(=O)c2ccccc2)C(=O)N(C)C)c(OC)c1OC. The van der Waals surface area contributed by atoms with Gasteiger partial charge in [-0.15, -0.1) is 0 Å². The fraction of sp³-hybridized carbons (Fsp3) is 0.238. The highest BCUT2D eigenvalue weighted by Crippen LogP contribution is 2.40. The highest BCUT2D eigenvalue weighted by atomic mass is 16.5. The lowest BCUT2D eigenvalue weighted by Crippen LogP contribution is -2.34. The number of hydrogen-bond acceptors (Lipinski definition) is 5. The van der Waals surface area contributed by atoms with Crippen molar-refractivity contribution >= 4 is 17.9 Å². The number of ether oxygens (including phenoxy) is 3. The van der Waals surface area contributed by atoms with Gasteiger partial charge < -0.3 is 24.4 Å². The lowest BCUT2D eigenvalue weighted by molar-refractivity contribution is -0.124. The quantitative estimate of drug-likeness (QED) is 0.743. The summed E-state index contributed by atoms with van der Waals surface area (Å²) in [6.07, 6.45) is 1.55. The Balaban J connectivity index is 2.51. The minimum atomic E-state index is -0.388. The maximum Gasteiger partial charge on any atom is 0.269 e. The van der Waals surface area contributed by atoms with Gasteiger partial charge in [0.25, 0.3) is 11.8 Å². The van der Waals surface area contributed by atoms with Gasteiger partial charge in [-0.05, 0) is 30.3 Å². The number of methoxy groups -OCH3 is 3. The first-order valence-corrected chi connectivity index (χ1v) is 8.51. The van der Waals surface area contributed by atoms with E-state index in [-0.39, 0.29) is 17.5 Å². The van der Waals surface area contributed by atoms with Crippen molar-refractivity contribution in [2.24, 2.45) is 0 Å². The van der Waals surface area contributed by atoms with Crippen LogP contribution in [0.4, 0.5) is 0 Å². The van der Waals surface area contributed by atoms with Crippen LogP contribution < -0.4 is 19.5 Å². The molecule has 0 unspecified atom stereocenters. The van der Waals surface area contributed by atoms with Crippen molar-refractivity contribution in [2.75, 3.05) is 35.4 Å². The van der Waals surface area contributed by atoms with Crippen LogP contribution in [-0.4, -0.2) is 52.1 Å². The maximum atomic E-state index is 12.6. The van der Waals surface area contributed by atoms with Gasteiger partial charge >= 0.3 is 0 Å². The third kappa shape index (κ3) is 4.62. The second-order valence-electron chi connectivity index (χ2n) is 6.00. The van der Waals surface area contributed by atoms with Gasteiger partial charge in [-0.1, -0.05) is 18.2 Å². The van der Waals surface area contributed by atoms with Crippen molar-refractivity contribution in [1.82, 2.24) is 10.2 Å². The monoisotopic (exact) mass is 384 g/mol. The van der Waals surface area contributed by atoms with Crippen LogP contribution in [-0.2, 0) is 4.79 Å². The molecule has 0 saturated carbocycles. The number of nitrogens with zero attached hydrogens (tertiary/aromatic N) is 1. The molecule has 2 amide bonds. The molecule has 2 aromatic rings. The van der Waals surface area contributed by atoms with Crippen LogP contribution in [0, 0.1) is 0 Å². The largest absolute Gasteiger partial charge is 0.493 e. The van der Waals surface area contributed by atoms with E-state index >= 15 is 0 Å². The number of hydrogen-bond donors (Lipinski definition) is 1. The van der Waals surface area contributed by atoms with Crippen LogP contribution in [0.1, 0.15) is 15.9 Å². The summed E-state index contributed by atoms with van der Waals surface area (Å²) in [5, 5.41) is 2.68. The average molecular weight is 384 g/mol. The molecule has 2 rings (SSSR count). The molecule has 1 N–H and O–H groups in total. The first-order valence-electron chi connectivity index (χ1n) is 8.51. The molecule has 0 spiro atoms. The number of carbonyl (C=O) groups is 2. The molecule has 0 fully saturated rings. The lowest BCUT2D eigenvalue weighted by Gasteiger charge is -2.17. The maximum absolute atomic E-state index is 12.6. The number of carbonyl (C=O) groups excluding carboxylic acids is 2. The van der Waals surface area contributed by atoms with Gasteiger partial charge in [0.05, 0.1) is 21.3 Å². The van der Waals surface area contributed by atoms with E-state index in [9.17, 15) is 9.59 Å². The molecular formula is C21H24N2O5. The van der Waals surface area contributed by atoms with Crippen LogP contribution in [0.25, 0.3) is 6.08 Å². The van der Waals surface area contributed by atoms with Gasteiger partial charge in [0.2, 0.25) is 5.75 Å². The summed E-state index contributed by atoms with van der Waals surface area (Å²) in [7, 11) is 7.73. The number of benzene rings is 2. The van der Waals surface area contributed by atoms with E-state index in [1.807, 2.05) is 6.07 Å². The molecule has 2 aromatic carbocycles. The van der Waals surface area contributed by atoms with Gasteiger partial charge in [0, 0.05) is 25.2 Å². The predicted octanol–water partition coefficient (Wildman–Crippen LogP) is 2.57. The Bertz CT molecular complexity index is 876. The first-order chi connectivity index (χ1) is 13.4. The standard InChI is InChI=1S/C21H24N2O5/c1-23(2)21(25)16(22-20(24)14-9-7-6-8-10-14)13-15-11-12-17(26-3)19(28-5)18(15)27-4/h6-13H,1-5H3,(H,22,24)/b16-13-. The highest BCUT2D eigenvalue weighted by molar-refractivity contribution is 6.05. The zero-order chi connectivity index (χ0) is 20.7. The molecular weight excluding hydrogens is 360 g/mol. The lowest BCUT2D eigenvalue weighted by atomic mass is 10.1. The Morgan fingerprint density at radius 2 is 1.54 bits per heavy atom. The second-order valence-corrected chi connectivity index (χ2v) is 6.00. The van der Waals surface area contributed by atoms with Crippen LogP contribution in [0.2, 0.25) is 0 Å². The van der Waals surface area contributed by atoms with E-state index in [4.69, 9.17) is 14.2 Å². The summed E-state index contributed by atoms with van der Waals surface area (Å²) in [6.45, 7) is 0. The van der Waals surface area contributed by atoms with E-state index in [1.54, 1.807) is 56.6 Å². The normalized spacial score (nSPS) is 10.8. The van der Waals surface area contributed by atoms with Gasteiger partial charge in [-0.3, -0.25) is 9.59 Å². The molecule has 7 heteroatoms. The van der Waals surface area contributed by atoms with Crippen molar-refractivity contribution in [3.63, 3.8) is 0 Å². The van der Waals surface area contributed by atoms with Crippen LogP contribution in [0.15, 0.2) is 48.2 Å². The van der Waals surface area contributed by atoms with E-state index in [1.165, 1.54) is 26.2 Å². The Hall–Kier alpha value is -3.48. The molecule has 0 aromatic heterocycles. The molecule has 0 heterocycles. The summed E-state index contributed by atoms with van der Waals surface area (Å²) in [5.74, 6) is 0.526. The fourth-order valence-electron chi connectivity index (χ4n) is 2.57. The summed E-state index contributed by atoms with van der Waals surface area (Å²) in [5.41, 5.74) is 1.10. The van der Waals surface area contributed by atoms with Gasteiger partial charge in [-0.25, -0.2) is 0 Å². The summed E-state index contributed by atoms with van der Waals surface area (Å²) in [6, 6.07) is 12.1. The minimum absolute atomic E-state index is 0.101. The van der Waals surface area contributed by atoms with E-state index in [0.29, 0.717) is 28.4 Å². The Labute approximate surface area is 164 Å². The highest BCUT2D eigenvalue weighted by Gasteiger charge is 2.20. The Morgan fingerprint density at radius 1 is 0.893 bits per heavy atom. The molecule has 0 aliphatic carbocycles. The van der Waals surface area contributed by atoms with Gasteiger partial charge in [-0.2, -0.15) is 0 Å². The predicted molar refractivity (Wildman–Crippen MR) is 107 cm³/mol. The van der Waals surface area contributed by atoms with Crippen molar-refractivity contribution < 1.29 is 23.8 Å². The molecule has 7 nitrogen and oxygen atoms in total. The van der Waals surface area contributed by atoms with Gasteiger partial charge in [0.15, 0.2) is 11.5 Å². The Kier molecular flexibility index (Phi) is 7.03.